The lowest BCUT2D eigenvalue weighted by Gasteiger charge is -2.02. The van der Waals surface area contributed by atoms with E-state index in [1.54, 1.807) is 0 Å². The Labute approximate surface area is 99.7 Å². The van der Waals surface area contributed by atoms with Gasteiger partial charge in [0.15, 0.2) is 0 Å². The van der Waals surface area contributed by atoms with E-state index in [9.17, 15) is 4.79 Å². The van der Waals surface area contributed by atoms with Crippen LogP contribution in [-0.2, 0) is 9.53 Å². The molecule has 1 unspecified atom stereocenters. The molecule has 17 heavy (non-hydrogen) atoms. The average molecular weight is 239 g/mol. The van der Waals surface area contributed by atoms with Gasteiger partial charge in [-0.2, -0.15) is 0 Å². The van der Waals surface area contributed by atoms with Crippen LogP contribution in [0, 0.1) is 0 Å². The van der Waals surface area contributed by atoms with Crippen LogP contribution < -0.4 is 5.32 Å². The van der Waals surface area contributed by atoms with Gasteiger partial charge in [-0.1, -0.05) is 18.4 Å². The van der Waals surface area contributed by atoms with Crippen LogP contribution in [0.5, 0.6) is 0 Å². The van der Waals surface area contributed by atoms with Crippen LogP contribution in [0.25, 0.3) is 0 Å². The van der Waals surface area contributed by atoms with Gasteiger partial charge in [-0.15, -0.1) is 5.10 Å². The number of aromatic nitrogens is 2. The summed E-state index contributed by atoms with van der Waals surface area (Å²) in [6.45, 7) is 2.76. The number of unbranched alkanes of at least 4 members (excludes halogenated alkanes) is 1. The number of ether oxygens (including phenoxy) is 1. The fourth-order valence-corrected chi connectivity index (χ4v) is 1.71. The van der Waals surface area contributed by atoms with Crippen molar-refractivity contribution in [3.05, 3.63) is 5.89 Å². The normalized spacial score (nSPS) is 19.5. The van der Waals surface area contributed by atoms with E-state index in [0.29, 0.717) is 12.3 Å². The minimum atomic E-state index is -0.108. The topological polar surface area (TPSA) is 77.2 Å². The van der Waals surface area contributed by atoms with Crippen LogP contribution in [0.1, 0.15) is 51.0 Å². The summed E-state index contributed by atoms with van der Waals surface area (Å²) < 4.78 is 10.8. The van der Waals surface area contributed by atoms with Gasteiger partial charge in [0.05, 0.1) is 0 Å². The van der Waals surface area contributed by atoms with E-state index in [-0.39, 0.29) is 18.0 Å². The van der Waals surface area contributed by atoms with E-state index in [4.69, 9.17) is 9.15 Å². The van der Waals surface area contributed by atoms with Crippen LogP contribution in [0.2, 0.25) is 0 Å². The summed E-state index contributed by atoms with van der Waals surface area (Å²) in [6, 6.07) is 0.164. The van der Waals surface area contributed by atoms with E-state index < -0.39 is 0 Å². The Morgan fingerprint density at radius 2 is 2.41 bits per heavy atom. The number of nitrogens with zero attached hydrogens (tertiary/aromatic N) is 2. The smallest absolute Gasteiger partial charge is 0.322 e. The number of rotatable bonds is 5. The highest BCUT2D eigenvalue weighted by molar-refractivity contribution is 5.88. The van der Waals surface area contributed by atoms with Gasteiger partial charge in [0.25, 0.3) is 0 Å². The molecule has 6 heteroatoms. The van der Waals surface area contributed by atoms with Crippen molar-refractivity contribution in [3.63, 3.8) is 0 Å². The molecule has 1 saturated heterocycles. The highest BCUT2D eigenvalue weighted by Gasteiger charge is 2.23. The molecule has 0 radical (unpaired) electrons. The molecular weight excluding hydrogens is 222 g/mol. The molecule has 1 N–H and O–H groups in total. The highest BCUT2D eigenvalue weighted by atomic mass is 16.5. The number of carbonyl (C=O) groups is 1. The van der Waals surface area contributed by atoms with Crippen LogP contribution in [0.4, 0.5) is 6.01 Å². The second kappa shape index (κ2) is 5.77. The molecule has 2 heterocycles. The van der Waals surface area contributed by atoms with Crippen LogP contribution in [0.15, 0.2) is 4.42 Å². The van der Waals surface area contributed by atoms with Crippen molar-refractivity contribution in [2.24, 2.45) is 0 Å². The molecule has 0 saturated carbocycles. The van der Waals surface area contributed by atoms with Gasteiger partial charge in [0, 0.05) is 13.0 Å². The number of hydrogen-bond acceptors (Lipinski definition) is 5. The van der Waals surface area contributed by atoms with E-state index in [0.717, 1.165) is 32.3 Å². The number of amides is 1. The SMILES string of the molecule is CCCCC(=O)Nc1nnc(C2CCCO2)o1. The predicted octanol–water partition coefficient (Wildman–Crippen LogP) is 2.05. The van der Waals surface area contributed by atoms with Gasteiger partial charge in [-0.3, -0.25) is 10.1 Å². The van der Waals surface area contributed by atoms with Crippen LogP contribution in [-0.4, -0.2) is 22.7 Å². The Bertz CT molecular complexity index is 372. The average Bonchev–Trinajstić information content (AvgIpc) is 2.95. The zero-order valence-electron chi connectivity index (χ0n) is 9.94. The summed E-state index contributed by atoms with van der Waals surface area (Å²) in [5, 5.41) is 10.2. The van der Waals surface area contributed by atoms with Crippen molar-refractivity contribution >= 4 is 11.9 Å². The Morgan fingerprint density at radius 1 is 1.53 bits per heavy atom. The van der Waals surface area contributed by atoms with Crippen molar-refractivity contribution in [3.8, 4) is 0 Å². The summed E-state index contributed by atoms with van der Waals surface area (Å²) in [7, 11) is 0. The number of hydrogen-bond donors (Lipinski definition) is 1. The number of anilines is 1. The van der Waals surface area contributed by atoms with Crippen LogP contribution >= 0.6 is 0 Å². The monoisotopic (exact) mass is 239 g/mol. The minimum Gasteiger partial charge on any atom is -0.405 e. The molecule has 94 valence electrons. The van der Waals surface area contributed by atoms with Crippen molar-refractivity contribution in [1.82, 2.24) is 10.2 Å². The summed E-state index contributed by atoms with van der Waals surface area (Å²) in [6.07, 6.45) is 4.12. The Hall–Kier alpha value is -1.43. The first kappa shape index (κ1) is 12.0. The predicted molar refractivity (Wildman–Crippen MR) is 60.4 cm³/mol. The molecule has 1 atom stereocenters. The molecule has 6 nitrogen and oxygen atoms in total. The number of carbonyl (C=O) groups excluding carboxylic acids is 1. The molecule has 0 aromatic carbocycles. The zero-order chi connectivity index (χ0) is 12.1. The highest BCUT2D eigenvalue weighted by Crippen LogP contribution is 2.28. The maximum atomic E-state index is 11.4. The van der Waals surface area contributed by atoms with E-state index in [1.165, 1.54) is 0 Å². The van der Waals surface area contributed by atoms with Gasteiger partial charge in [0.1, 0.15) is 6.10 Å². The third kappa shape index (κ3) is 3.26. The molecule has 1 aromatic rings. The number of nitrogens with one attached hydrogen (secondary N) is 1. The second-order valence-electron chi connectivity index (χ2n) is 4.10. The van der Waals surface area contributed by atoms with Crippen molar-refractivity contribution in [2.75, 3.05) is 11.9 Å². The molecule has 0 bridgehead atoms. The molecular formula is C11H17N3O3. The fraction of sp³-hybridized carbons (Fsp3) is 0.727. The Morgan fingerprint density at radius 3 is 3.12 bits per heavy atom. The third-order valence-electron chi connectivity index (χ3n) is 2.65. The molecule has 1 amide bonds. The first-order chi connectivity index (χ1) is 8.29. The van der Waals surface area contributed by atoms with E-state index >= 15 is 0 Å². The Balaban J connectivity index is 1.87. The van der Waals surface area contributed by atoms with Gasteiger partial charge in [-0.05, 0) is 19.3 Å². The quantitative estimate of drug-likeness (QED) is 0.850. The summed E-state index contributed by atoms with van der Waals surface area (Å²) in [4.78, 5) is 11.4. The van der Waals surface area contributed by atoms with Crippen LogP contribution in [0.3, 0.4) is 0 Å². The lowest BCUT2D eigenvalue weighted by molar-refractivity contribution is -0.116. The minimum absolute atomic E-state index is 0.0885. The standard InChI is InChI=1S/C11H17N3O3/c1-2-3-6-9(15)12-11-14-13-10(17-11)8-5-4-7-16-8/h8H,2-7H2,1H3,(H,12,14,15). The summed E-state index contributed by atoms with van der Waals surface area (Å²) in [5.74, 6) is 0.364. The van der Waals surface area contributed by atoms with Crippen molar-refractivity contribution < 1.29 is 13.9 Å². The molecule has 1 aliphatic rings. The summed E-state index contributed by atoms with van der Waals surface area (Å²) >= 11 is 0. The first-order valence-corrected chi connectivity index (χ1v) is 6.04. The fourth-order valence-electron chi connectivity index (χ4n) is 1.71. The van der Waals surface area contributed by atoms with Gasteiger partial charge < -0.3 is 9.15 Å². The molecule has 1 fully saturated rings. The van der Waals surface area contributed by atoms with E-state index in [1.807, 2.05) is 6.92 Å². The molecule has 0 spiro atoms. The van der Waals surface area contributed by atoms with Gasteiger partial charge in [0.2, 0.25) is 11.8 Å². The lowest BCUT2D eigenvalue weighted by atomic mass is 10.2. The lowest BCUT2D eigenvalue weighted by Crippen LogP contribution is -2.11. The molecule has 1 aliphatic heterocycles. The third-order valence-corrected chi connectivity index (χ3v) is 2.65. The van der Waals surface area contributed by atoms with Gasteiger partial charge in [-0.25, -0.2) is 0 Å². The zero-order valence-corrected chi connectivity index (χ0v) is 9.94. The van der Waals surface area contributed by atoms with Crippen molar-refractivity contribution in [1.29, 1.82) is 0 Å². The second-order valence-corrected chi connectivity index (χ2v) is 4.10. The first-order valence-electron chi connectivity index (χ1n) is 6.04. The Kier molecular flexibility index (Phi) is 4.08. The maximum absolute atomic E-state index is 11.4. The summed E-state index contributed by atoms with van der Waals surface area (Å²) in [5.41, 5.74) is 0. The maximum Gasteiger partial charge on any atom is 0.322 e. The van der Waals surface area contributed by atoms with Crippen molar-refractivity contribution in [2.45, 2.75) is 45.1 Å². The molecule has 0 aliphatic carbocycles. The molecule has 1 aromatic heterocycles. The largest absolute Gasteiger partial charge is 0.405 e. The molecule has 2 rings (SSSR count). The van der Waals surface area contributed by atoms with E-state index in [2.05, 4.69) is 15.5 Å². The van der Waals surface area contributed by atoms with Gasteiger partial charge >= 0.3 is 6.01 Å².